The zero-order valence-electron chi connectivity index (χ0n) is 12.1. The Morgan fingerprint density at radius 3 is 2.48 bits per heavy atom. The van der Waals surface area contributed by atoms with Gasteiger partial charge in [0.2, 0.25) is 0 Å². The first-order valence-corrected chi connectivity index (χ1v) is 7.41. The molecule has 0 aliphatic rings. The van der Waals surface area contributed by atoms with E-state index in [0.29, 0.717) is 16.2 Å². The Balaban J connectivity index is 2.26. The number of rotatable bonds is 4. The molecule has 118 valence electrons. The number of aromatic carboxylic acids is 1. The standard InChI is InChI=1S/C17H13Cl2NO3/c1-10(8-11-4-2-3-5-14(11)19)16(21)20-15-7-6-12(18)9-13(15)17(22)23/h2-9H,1H3,(H,20,21)(H,22,23)/b10-8+. The Bertz CT molecular complexity index is 800. The maximum Gasteiger partial charge on any atom is 0.337 e. The minimum Gasteiger partial charge on any atom is -0.478 e. The van der Waals surface area contributed by atoms with Crippen molar-refractivity contribution in [2.24, 2.45) is 0 Å². The topological polar surface area (TPSA) is 66.4 Å². The quantitative estimate of drug-likeness (QED) is 0.783. The summed E-state index contributed by atoms with van der Waals surface area (Å²) in [6, 6.07) is 11.4. The summed E-state index contributed by atoms with van der Waals surface area (Å²) >= 11 is 11.8. The summed E-state index contributed by atoms with van der Waals surface area (Å²) < 4.78 is 0. The van der Waals surface area contributed by atoms with Gasteiger partial charge in [0, 0.05) is 15.6 Å². The molecule has 2 aromatic rings. The molecule has 0 bridgehead atoms. The number of anilines is 1. The number of halogens is 2. The molecule has 0 aliphatic carbocycles. The van der Waals surface area contributed by atoms with Crippen LogP contribution in [0.4, 0.5) is 5.69 Å². The van der Waals surface area contributed by atoms with Crippen molar-refractivity contribution >= 4 is 46.8 Å². The maximum atomic E-state index is 12.2. The molecule has 0 unspecified atom stereocenters. The van der Waals surface area contributed by atoms with Crippen LogP contribution in [0.5, 0.6) is 0 Å². The molecule has 0 saturated carbocycles. The lowest BCUT2D eigenvalue weighted by molar-refractivity contribution is -0.112. The largest absolute Gasteiger partial charge is 0.478 e. The van der Waals surface area contributed by atoms with Gasteiger partial charge in [0.1, 0.15) is 0 Å². The number of carbonyl (C=O) groups excluding carboxylic acids is 1. The van der Waals surface area contributed by atoms with Crippen LogP contribution in [0.3, 0.4) is 0 Å². The van der Waals surface area contributed by atoms with E-state index in [4.69, 9.17) is 23.2 Å². The van der Waals surface area contributed by atoms with Crippen molar-refractivity contribution in [2.45, 2.75) is 6.92 Å². The number of amides is 1. The van der Waals surface area contributed by atoms with Gasteiger partial charge in [-0.05, 0) is 42.8 Å². The molecule has 0 radical (unpaired) electrons. The molecule has 23 heavy (non-hydrogen) atoms. The molecule has 0 fully saturated rings. The predicted octanol–water partition coefficient (Wildman–Crippen LogP) is 4.73. The van der Waals surface area contributed by atoms with E-state index in [2.05, 4.69) is 5.32 Å². The van der Waals surface area contributed by atoms with Crippen molar-refractivity contribution in [1.29, 1.82) is 0 Å². The van der Waals surface area contributed by atoms with E-state index in [1.807, 2.05) is 6.07 Å². The predicted molar refractivity (Wildman–Crippen MR) is 92.1 cm³/mol. The van der Waals surface area contributed by atoms with Crippen LogP contribution in [-0.4, -0.2) is 17.0 Å². The first kappa shape index (κ1) is 17.1. The third kappa shape index (κ3) is 4.34. The highest BCUT2D eigenvalue weighted by Gasteiger charge is 2.14. The second-order valence-corrected chi connectivity index (χ2v) is 5.64. The number of hydrogen-bond donors (Lipinski definition) is 2. The minimum atomic E-state index is -1.17. The highest BCUT2D eigenvalue weighted by atomic mass is 35.5. The zero-order chi connectivity index (χ0) is 17.0. The van der Waals surface area contributed by atoms with Crippen molar-refractivity contribution in [1.82, 2.24) is 0 Å². The Hall–Kier alpha value is -2.30. The fraction of sp³-hybridized carbons (Fsp3) is 0.0588. The molecule has 1 amide bonds. The molecule has 0 saturated heterocycles. The van der Waals surface area contributed by atoms with Crippen LogP contribution in [0.1, 0.15) is 22.8 Å². The zero-order valence-corrected chi connectivity index (χ0v) is 13.7. The third-order valence-electron chi connectivity index (χ3n) is 3.10. The number of carboxylic acid groups (broad SMARTS) is 1. The second kappa shape index (κ2) is 7.31. The summed E-state index contributed by atoms with van der Waals surface area (Å²) in [5.74, 6) is -1.59. The Kier molecular flexibility index (Phi) is 5.42. The van der Waals surface area contributed by atoms with Crippen molar-refractivity contribution in [3.63, 3.8) is 0 Å². The van der Waals surface area contributed by atoms with Gasteiger partial charge in [0.15, 0.2) is 0 Å². The van der Waals surface area contributed by atoms with Gasteiger partial charge in [0.25, 0.3) is 5.91 Å². The number of carbonyl (C=O) groups is 2. The van der Waals surface area contributed by atoms with Crippen LogP contribution in [0.15, 0.2) is 48.0 Å². The molecule has 0 atom stereocenters. The van der Waals surface area contributed by atoms with Crippen LogP contribution in [0, 0.1) is 0 Å². The number of nitrogens with one attached hydrogen (secondary N) is 1. The first-order chi connectivity index (χ1) is 10.9. The summed E-state index contributed by atoms with van der Waals surface area (Å²) in [5.41, 5.74) is 1.20. The minimum absolute atomic E-state index is 0.0728. The number of carboxylic acids is 1. The van der Waals surface area contributed by atoms with Crippen molar-refractivity contribution in [3.8, 4) is 0 Å². The van der Waals surface area contributed by atoms with Crippen LogP contribution in [-0.2, 0) is 4.79 Å². The van der Waals surface area contributed by atoms with E-state index in [-0.39, 0.29) is 16.3 Å². The highest BCUT2D eigenvalue weighted by Crippen LogP contribution is 2.22. The van der Waals surface area contributed by atoms with Gasteiger partial charge in [-0.3, -0.25) is 4.79 Å². The molecule has 0 spiro atoms. The Morgan fingerprint density at radius 1 is 1.13 bits per heavy atom. The maximum absolute atomic E-state index is 12.2. The average Bonchev–Trinajstić information content (AvgIpc) is 2.51. The van der Waals surface area contributed by atoms with Crippen LogP contribution in [0.2, 0.25) is 10.0 Å². The molecule has 2 N–H and O–H groups in total. The molecule has 0 aliphatic heterocycles. The molecular weight excluding hydrogens is 337 g/mol. The normalized spacial score (nSPS) is 11.2. The van der Waals surface area contributed by atoms with Gasteiger partial charge in [0.05, 0.1) is 11.3 Å². The fourth-order valence-corrected chi connectivity index (χ4v) is 2.28. The van der Waals surface area contributed by atoms with Gasteiger partial charge in [-0.1, -0.05) is 41.4 Å². The fourth-order valence-electron chi connectivity index (χ4n) is 1.91. The molecule has 2 aromatic carbocycles. The first-order valence-electron chi connectivity index (χ1n) is 6.65. The lowest BCUT2D eigenvalue weighted by Gasteiger charge is -2.09. The van der Waals surface area contributed by atoms with E-state index < -0.39 is 11.9 Å². The molecule has 4 nitrogen and oxygen atoms in total. The van der Waals surface area contributed by atoms with Crippen LogP contribution in [0.25, 0.3) is 6.08 Å². The van der Waals surface area contributed by atoms with E-state index in [1.54, 1.807) is 31.2 Å². The van der Waals surface area contributed by atoms with E-state index in [9.17, 15) is 14.7 Å². The summed E-state index contributed by atoms with van der Waals surface area (Å²) in [5, 5.41) is 12.5. The molecule has 2 rings (SSSR count). The molecule has 0 aromatic heterocycles. The van der Waals surface area contributed by atoms with E-state index in [0.717, 1.165) is 0 Å². The van der Waals surface area contributed by atoms with Crippen molar-refractivity contribution in [2.75, 3.05) is 5.32 Å². The Morgan fingerprint density at radius 2 is 1.83 bits per heavy atom. The highest BCUT2D eigenvalue weighted by molar-refractivity contribution is 6.32. The SMILES string of the molecule is C/C(=C\c1ccccc1Cl)C(=O)Nc1ccc(Cl)cc1C(=O)O. The second-order valence-electron chi connectivity index (χ2n) is 4.80. The van der Waals surface area contributed by atoms with Crippen LogP contribution >= 0.6 is 23.2 Å². The lowest BCUT2D eigenvalue weighted by Crippen LogP contribution is -2.15. The van der Waals surface area contributed by atoms with Gasteiger partial charge in [-0.25, -0.2) is 4.79 Å². The molecule has 6 heteroatoms. The smallest absolute Gasteiger partial charge is 0.337 e. The van der Waals surface area contributed by atoms with Gasteiger partial charge >= 0.3 is 5.97 Å². The molecule has 0 heterocycles. The third-order valence-corrected chi connectivity index (χ3v) is 3.67. The van der Waals surface area contributed by atoms with Gasteiger partial charge in [-0.2, -0.15) is 0 Å². The van der Waals surface area contributed by atoms with Crippen molar-refractivity contribution in [3.05, 3.63) is 69.2 Å². The Labute approximate surface area is 143 Å². The van der Waals surface area contributed by atoms with Gasteiger partial charge < -0.3 is 10.4 Å². The number of hydrogen-bond acceptors (Lipinski definition) is 2. The lowest BCUT2D eigenvalue weighted by atomic mass is 10.1. The van der Waals surface area contributed by atoms with Gasteiger partial charge in [-0.15, -0.1) is 0 Å². The van der Waals surface area contributed by atoms with Crippen molar-refractivity contribution < 1.29 is 14.7 Å². The average molecular weight is 350 g/mol. The summed E-state index contributed by atoms with van der Waals surface area (Å²) in [7, 11) is 0. The molecular formula is C17H13Cl2NO3. The summed E-state index contributed by atoms with van der Waals surface area (Å²) in [4.78, 5) is 23.5. The number of benzene rings is 2. The van der Waals surface area contributed by atoms with E-state index >= 15 is 0 Å². The monoisotopic (exact) mass is 349 g/mol. The van der Waals surface area contributed by atoms with E-state index in [1.165, 1.54) is 18.2 Å². The summed E-state index contributed by atoms with van der Waals surface area (Å²) in [6.45, 7) is 1.62. The van der Waals surface area contributed by atoms with Crippen LogP contribution < -0.4 is 5.32 Å². The summed E-state index contributed by atoms with van der Waals surface area (Å²) in [6.07, 6.45) is 1.63.